The molecule has 0 spiro atoms. The first-order chi connectivity index (χ1) is 8.24. The maximum Gasteiger partial charge on any atom is 0.0306 e. The summed E-state index contributed by atoms with van der Waals surface area (Å²) in [5, 5.41) is 3.95. The van der Waals surface area contributed by atoms with Crippen molar-refractivity contribution in [3.63, 3.8) is 0 Å². The molecule has 0 aliphatic heterocycles. The largest absolute Gasteiger partial charge is 0.329 e. The predicted octanol–water partition coefficient (Wildman–Crippen LogP) is 3.21. The third-order valence-electron chi connectivity index (χ3n) is 4.91. The Hall–Kier alpha value is -0.0800. The molecule has 0 aromatic heterocycles. The van der Waals surface area contributed by atoms with Crippen LogP contribution in [0.5, 0.6) is 0 Å². The SMILES string of the molecule is CC1CCC(NC2(CN)CCCCCCC2)C1. The summed E-state index contributed by atoms with van der Waals surface area (Å²) in [5.41, 5.74) is 6.38. The Morgan fingerprint density at radius 2 is 1.71 bits per heavy atom. The molecule has 0 heterocycles. The second kappa shape index (κ2) is 6.19. The van der Waals surface area contributed by atoms with Gasteiger partial charge in [-0.25, -0.2) is 0 Å². The van der Waals surface area contributed by atoms with E-state index in [1.165, 1.54) is 64.2 Å². The summed E-state index contributed by atoms with van der Waals surface area (Å²) < 4.78 is 0. The average Bonchev–Trinajstić information content (AvgIpc) is 2.68. The molecule has 100 valence electrons. The van der Waals surface area contributed by atoms with Crippen LogP contribution in [0.1, 0.15) is 71.1 Å². The molecule has 2 nitrogen and oxygen atoms in total. The fourth-order valence-electron chi connectivity index (χ4n) is 3.76. The molecule has 2 rings (SSSR count). The molecule has 2 atom stereocenters. The molecule has 0 amide bonds. The lowest BCUT2D eigenvalue weighted by atomic mass is 9.83. The van der Waals surface area contributed by atoms with Crippen LogP contribution in [0.3, 0.4) is 0 Å². The summed E-state index contributed by atoms with van der Waals surface area (Å²) >= 11 is 0. The normalized spacial score (nSPS) is 34.2. The summed E-state index contributed by atoms with van der Waals surface area (Å²) in [6, 6.07) is 0.743. The van der Waals surface area contributed by atoms with Gasteiger partial charge in [0.15, 0.2) is 0 Å². The van der Waals surface area contributed by atoms with Crippen LogP contribution >= 0.6 is 0 Å². The van der Waals surface area contributed by atoms with Crippen molar-refractivity contribution in [1.82, 2.24) is 5.32 Å². The van der Waals surface area contributed by atoms with E-state index in [1.807, 2.05) is 0 Å². The highest BCUT2D eigenvalue weighted by atomic mass is 15.0. The predicted molar refractivity (Wildman–Crippen MR) is 74.0 cm³/mol. The molecule has 2 unspecified atom stereocenters. The lowest BCUT2D eigenvalue weighted by Crippen LogP contribution is -2.55. The van der Waals surface area contributed by atoms with Crippen molar-refractivity contribution in [2.24, 2.45) is 11.7 Å². The minimum atomic E-state index is 0.273. The van der Waals surface area contributed by atoms with Gasteiger partial charge >= 0.3 is 0 Å². The minimum absolute atomic E-state index is 0.273. The summed E-state index contributed by atoms with van der Waals surface area (Å²) in [5.74, 6) is 0.913. The van der Waals surface area contributed by atoms with Crippen LogP contribution in [-0.4, -0.2) is 18.1 Å². The van der Waals surface area contributed by atoms with Crippen LogP contribution in [0.2, 0.25) is 0 Å². The van der Waals surface area contributed by atoms with E-state index < -0.39 is 0 Å². The van der Waals surface area contributed by atoms with Crippen molar-refractivity contribution < 1.29 is 0 Å². The van der Waals surface area contributed by atoms with E-state index >= 15 is 0 Å². The Bertz CT molecular complexity index is 219. The van der Waals surface area contributed by atoms with Crippen LogP contribution in [0.4, 0.5) is 0 Å². The third-order valence-corrected chi connectivity index (χ3v) is 4.91. The number of hydrogen-bond donors (Lipinski definition) is 2. The van der Waals surface area contributed by atoms with E-state index in [4.69, 9.17) is 5.73 Å². The molecule has 0 saturated heterocycles. The number of nitrogens with two attached hydrogens (primary N) is 1. The van der Waals surface area contributed by atoms with Gasteiger partial charge in [-0.05, 0) is 38.0 Å². The van der Waals surface area contributed by atoms with Gasteiger partial charge in [0.1, 0.15) is 0 Å². The minimum Gasteiger partial charge on any atom is -0.329 e. The molecule has 2 heteroatoms. The van der Waals surface area contributed by atoms with Crippen molar-refractivity contribution >= 4 is 0 Å². The summed E-state index contributed by atoms with van der Waals surface area (Å²) in [6.07, 6.45) is 13.7. The van der Waals surface area contributed by atoms with Gasteiger partial charge in [-0.1, -0.05) is 39.0 Å². The lowest BCUT2D eigenvalue weighted by Gasteiger charge is -2.38. The zero-order chi connectivity index (χ0) is 12.1. The van der Waals surface area contributed by atoms with Crippen molar-refractivity contribution in [3.05, 3.63) is 0 Å². The summed E-state index contributed by atoms with van der Waals surface area (Å²) in [7, 11) is 0. The van der Waals surface area contributed by atoms with E-state index in [1.54, 1.807) is 0 Å². The van der Waals surface area contributed by atoms with Crippen LogP contribution in [0, 0.1) is 5.92 Å². The maximum atomic E-state index is 6.11. The standard InChI is InChI=1S/C15H30N2/c1-13-7-8-14(11-13)17-15(12-16)9-5-3-2-4-6-10-15/h13-14,17H,2-12,16H2,1H3. The highest BCUT2D eigenvalue weighted by molar-refractivity contribution is 4.94. The van der Waals surface area contributed by atoms with Gasteiger partial charge in [0, 0.05) is 18.1 Å². The first kappa shape index (κ1) is 13.4. The topological polar surface area (TPSA) is 38.0 Å². The molecule has 2 saturated carbocycles. The highest BCUT2D eigenvalue weighted by Gasteiger charge is 2.33. The van der Waals surface area contributed by atoms with Crippen molar-refractivity contribution in [3.8, 4) is 0 Å². The lowest BCUT2D eigenvalue weighted by molar-refractivity contribution is 0.228. The molecule has 0 aromatic rings. The average molecular weight is 238 g/mol. The Morgan fingerprint density at radius 3 is 2.24 bits per heavy atom. The van der Waals surface area contributed by atoms with E-state index in [0.29, 0.717) is 0 Å². The zero-order valence-electron chi connectivity index (χ0n) is 11.5. The Labute approximate surface area is 107 Å². The molecular weight excluding hydrogens is 208 g/mol. The van der Waals surface area contributed by atoms with Gasteiger partial charge in [-0.2, -0.15) is 0 Å². The van der Waals surface area contributed by atoms with Crippen LogP contribution in [0.15, 0.2) is 0 Å². The first-order valence-corrected chi connectivity index (χ1v) is 7.72. The Morgan fingerprint density at radius 1 is 1.06 bits per heavy atom. The van der Waals surface area contributed by atoms with Crippen LogP contribution in [0.25, 0.3) is 0 Å². The molecule has 0 aromatic carbocycles. The van der Waals surface area contributed by atoms with E-state index in [-0.39, 0.29) is 5.54 Å². The van der Waals surface area contributed by atoms with E-state index in [9.17, 15) is 0 Å². The second-order valence-electron chi connectivity index (χ2n) is 6.51. The molecular formula is C15H30N2. The molecule has 2 fully saturated rings. The Kier molecular flexibility index (Phi) is 4.87. The van der Waals surface area contributed by atoms with Crippen LogP contribution in [-0.2, 0) is 0 Å². The monoisotopic (exact) mass is 238 g/mol. The number of hydrogen-bond acceptors (Lipinski definition) is 2. The molecule has 17 heavy (non-hydrogen) atoms. The Balaban J connectivity index is 1.91. The molecule has 3 N–H and O–H groups in total. The molecule has 0 radical (unpaired) electrons. The van der Waals surface area contributed by atoms with Crippen LogP contribution < -0.4 is 11.1 Å². The van der Waals surface area contributed by atoms with Gasteiger partial charge in [-0.15, -0.1) is 0 Å². The summed E-state index contributed by atoms with van der Waals surface area (Å²) in [6.45, 7) is 3.22. The number of rotatable bonds is 3. The van der Waals surface area contributed by atoms with E-state index in [2.05, 4.69) is 12.2 Å². The van der Waals surface area contributed by atoms with Crippen molar-refractivity contribution in [1.29, 1.82) is 0 Å². The number of nitrogens with one attached hydrogen (secondary N) is 1. The molecule has 2 aliphatic carbocycles. The van der Waals surface area contributed by atoms with Crippen molar-refractivity contribution in [2.75, 3.05) is 6.54 Å². The van der Waals surface area contributed by atoms with Gasteiger partial charge in [-0.3, -0.25) is 0 Å². The van der Waals surface area contributed by atoms with Crippen molar-refractivity contribution in [2.45, 2.75) is 82.7 Å². The molecule has 0 bridgehead atoms. The highest BCUT2D eigenvalue weighted by Crippen LogP contribution is 2.31. The second-order valence-corrected chi connectivity index (χ2v) is 6.51. The smallest absolute Gasteiger partial charge is 0.0306 e. The van der Waals surface area contributed by atoms with Gasteiger partial charge in [0.05, 0.1) is 0 Å². The fraction of sp³-hybridized carbons (Fsp3) is 1.00. The summed E-state index contributed by atoms with van der Waals surface area (Å²) in [4.78, 5) is 0. The van der Waals surface area contributed by atoms with Gasteiger partial charge < -0.3 is 11.1 Å². The van der Waals surface area contributed by atoms with E-state index in [0.717, 1.165) is 18.5 Å². The first-order valence-electron chi connectivity index (χ1n) is 7.72. The quantitative estimate of drug-likeness (QED) is 0.792. The van der Waals surface area contributed by atoms with Gasteiger partial charge in [0.2, 0.25) is 0 Å². The van der Waals surface area contributed by atoms with Gasteiger partial charge in [0.25, 0.3) is 0 Å². The zero-order valence-corrected chi connectivity index (χ0v) is 11.5. The molecule has 2 aliphatic rings. The maximum absolute atomic E-state index is 6.11. The fourth-order valence-corrected chi connectivity index (χ4v) is 3.76. The third kappa shape index (κ3) is 3.69.